The summed E-state index contributed by atoms with van der Waals surface area (Å²) in [7, 11) is 0. The molecule has 6 nitrogen and oxygen atoms in total. The van der Waals surface area contributed by atoms with E-state index in [2.05, 4.69) is 0 Å². The lowest BCUT2D eigenvalue weighted by atomic mass is 9.94. The number of fused-ring (bicyclic) bond motifs is 3. The minimum Gasteiger partial charge on any atom is -0.366 e. The summed E-state index contributed by atoms with van der Waals surface area (Å²) in [4.78, 5) is 0. The summed E-state index contributed by atoms with van der Waals surface area (Å²) in [5.41, 5.74) is 0.187. The molecule has 0 radical (unpaired) electrons. The molecule has 0 spiro atoms. The summed E-state index contributed by atoms with van der Waals surface area (Å²) in [6.45, 7) is 4.28. The number of rotatable bonds is 3. The molecule has 1 unspecified atom stereocenters. The van der Waals surface area contributed by atoms with Gasteiger partial charge in [0.25, 0.3) is 0 Å². The molecule has 120 valence electrons. The Kier molecular flexibility index (Phi) is 3.30. The van der Waals surface area contributed by atoms with Crippen molar-refractivity contribution in [2.45, 2.75) is 56.6 Å². The maximum Gasteiger partial charge on any atom is 0.190 e. The van der Waals surface area contributed by atoms with Gasteiger partial charge in [-0.3, -0.25) is 0 Å². The van der Waals surface area contributed by atoms with E-state index < -0.39 is 36.2 Å². The number of aliphatic hydroxyl groups is 1. The molecule has 22 heavy (non-hydrogen) atoms. The monoisotopic (exact) mass is 308 g/mol. The Balaban J connectivity index is 1.58. The molecule has 4 rings (SSSR count). The average Bonchev–Trinajstić information content (AvgIpc) is 3.06. The highest BCUT2D eigenvalue weighted by Gasteiger charge is 2.69. The Labute approximate surface area is 128 Å². The van der Waals surface area contributed by atoms with Crippen LogP contribution < -0.4 is 0 Å². The van der Waals surface area contributed by atoms with Crippen molar-refractivity contribution in [3.05, 3.63) is 35.9 Å². The fourth-order valence-electron chi connectivity index (χ4n) is 3.36. The fraction of sp³-hybridized carbons (Fsp3) is 0.625. The molecule has 3 saturated heterocycles. The zero-order valence-electron chi connectivity index (χ0n) is 12.6. The highest BCUT2D eigenvalue weighted by atomic mass is 16.9. The molecular formula is C16H20O6. The second kappa shape index (κ2) is 4.99. The van der Waals surface area contributed by atoms with Crippen LogP contribution in [-0.2, 0) is 30.3 Å². The van der Waals surface area contributed by atoms with E-state index in [9.17, 15) is 5.11 Å². The molecule has 3 aliphatic heterocycles. The maximum atomic E-state index is 10.0. The number of hydrogen-bond acceptors (Lipinski definition) is 6. The van der Waals surface area contributed by atoms with E-state index in [-0.39, 0.29) is 6.61 Å². The van der Waals surface area contributed by atoms with Crippen molar-refractivity contribution < 1.29 is 28.8 Å². The molecule has 0 bridgehead atoms. The van der Waals surface area contributed by atoms with Crippen molar-refractivity contribution in [1.29, 1.82) is 0 Å². The van der Waals surface area contributed by atoms with Crippen molar-refractivity contribution in [2.24, 2.45) is 0 Å². The molecule has 0 aliphatic carbocycles. The molecule has 0 saturated carbocycles. The molecule has 0 amide bonds. The van der Waals surface area contributed by atoms with Crippen LogP contribution in [0.4, 0.5) is 0 Å². The predicted molar refractivity (Wildman–Crippen MR) is 74.6 cm³/mol. The zero-order valence-corrected chi connectivity index (χ0v) is 12.6. The molecule has 3 aliphatic rings. The molecule has 6 heteroatoms. The first-order valence-corrected chi connectivity index (χ1v) is 7.49. The van der Waals surface area contributed by atoms with E-state index in [0.717, 1.165) is 5.56 Å². The third-order valence-corrected chi connectivity index (χ3v) is 4.39. The number of aliphatic hydroxyl groups excluding tert-OH is 1. The molecule has 1 N–H and O–H groups in total. The van der Waals surface area contributed by atoms with Gasteiger partial charge < -0.3 is 28.8 Å². The lowest BCUT2D eigenvalue weighted by Gasteiger charge is -2.32. The van der Waals surface area contributed by atoms with Gasteiger partial charge in [0.1, 0.15) is 12.2 Å². The minimum absolute atomic E-state index is 0.215. The van der Waals surface area contributed by atoms with E-state index in [1.807, 2.05) is 44.2 Å². The smallest absolute Gasteiger partial charge is 0.190 e. The third kappa shape index (κ3) is 2.19. The topological polar surface area (TPSA) is 66.4 Å². The Morgan fingerprint density at radius 2 is 1.95 bits per heavy atom. The van der Waals surface area contributed by atoms with Crippen LogP contribution in [0.2, 0.25) is 0 Å². The summed E-state index contributed by atoms with van der Waals surface area (Å²) in [6, 6.07) is 9.85. The zero-order chi connectivity index (χ0) is 15.4. The van der Waals surface area contributed by atoms with Crippen LogP contribution in [0.3, 0.4) is 0 Å². The minimum atomic E-state index is -1.03. The first-order chi connectivity index (χ1) is 10.5. The second-order valence-electron chi connectivity index (χ2n) is 6.41. The van der Waals surface area contributed by atoms with Gasteiger partial charge in [-0.2, -0.15) is 0 Å². The largest absolute Gasteiger partial charge is 0.366 e. The molecule has 0 aromatic heterocycles. The lowest BCUT2D eigenvalue weighted by molar-refractivity contribution is -0.242. The molecular weight excluding hydrogens is 288 g/mol. The molecule has 1 aromatic rings. The Bertz CT molecular complexity index is 547. The van der Waals surface area contributed by atoms with Crippen molar-refractivity contribution >= 4 is 0 Å². The number of ether oxygens (including phenoxy) is 5. The summed E-state index contributed by atoms with van der Waals surface area (Å²) < 4.78 is 29.0. The van der Waals surface area contributed by atoms with E-state index in [0.29, 0.717) is 6.61 Å². The first kappa shape index (κ1) is 14.6. The van der Waals surface area contributed by atoms with Crippen molar-refractivity contribution in [1.82, 2.24) is 0 Å². The second-order valence-corrected chi connectivity index (χ2v) is 6.41. The Morgan fingerprint density at radius 1 is 1.18 bits per heavy atom. The summed E-state index contributed by atoms with van der Waals surface area (Å²) >= 11 is 0. The van der Waals surface area contributed by atoms with Crippen LogP contribution in [0.15, 0.2) is 30.3 Å². The number of benzene rings is 1. The third-order valence-electron chi connectivity index (χ3n) is 4.39. The van der Waals surface area contributed by atoms with Crippen molar-refractivity contribution in [3.8, 4) is 0 Å². The van der Waals surface area contributed by atoms with Gasteiger partial charge in [0, 0.05) is 0 Å². The normalized spacial score (nSPS) is 42.3. The summed E-state index contributed by atoms with van der Waals surface area (Å²) in [5, 5.41) is 10.0. The van der Waals surface area contributed by atoms with E-state index >= 15 is 0 Å². The Hall–Kier alpha value is -1.02. The van der Waals surface area contributed by atoms with Crippen LogP contribution >= 0.6 is 0 Å². The van der Waals surface area contributed by atoms with Crippen molar-refractivity contribution in [3.63, 3.8) is 0 Å². The maximum absolute atomic E-state index is 10.0. The van der Waals surface area contributed by atoms with E-state index in [1.54, 1.807) is 0 Å². The number of hydrogen-bond donors (Lipinski definition) is 1. The average molecular weight is 308 g/mol. The van der Waals surface area contributed by atoms with Gasteiger partial charge in [-0.25, -0.2) is 0 Å². The van der Waals surface area contributed by atoms with Gasteiger partial charge in [0.05, 0.1) is 13.2 Å². The van der Waals surface area contributed by atoms with E-state index in [4.69, 9.17) is 23.7 Å². The van der Waals surface area contributed by atoms with Crippen LogP contribution in [0.1, 0.15) is 19.4 Å². The van der Waals surface area contributed by atoms with Crippen molar-refractivity contribution in [2.75, 3.05) is 6.61 Å². The molecule has 3 fully saturated rings. The lowest BCUT2D eigenvalue weighted by Crippen LogP contribution is -2.52. The van der Waals surface area contributed by atoms with Gasteiger partial charge in [-0.1, -0.05) is 30.3 Å². The summed E-state index contributed by atoms with van der Waals surface area (Å²) in [5.74, 6) is -0.739. The van der Waals surface area contributed by atoms with Gasteiger partial charge in [-0.05, 0) is 19.4 Å². The fourth-order valence-corrected chi connectivity index (χ4v) is 3.36. The SMILES string of the molecule is CC1(C)O[C@H]2O[C@@H]3C(O)OC[C@]3(OCc3ccccc3)[C@H]2O1. The molecule has 1 aromatic carbocycles. The quantitative estimate of drug-likeness (QED) is 0.904. The van der Waals surface area contributed by atoms with Crippen LogP contribution in [0, 0.1) is 0 Å². The van der Waals surface area contributed by atoms with Gasteiger partial charge in [0.15, 0.2) is 24.0 Å². The van der Waals surface area contributed by atoms with Gasteiger partial charge in [0.2, 0.25) is 0 Å². The Morgan fingerprint density at radius 3 is 2.73 bits per heavy atom. The molecule has 5 atom stereocenters. The first-order valence-electron chi connectivity index (χ1n) is 7.49. The van der Waals surface area contributed by atoms with Gasteiger partial charge in [-0.15, -0.1) is 0 Å². The highest BCUT2D eigenvalue weighted by Crippen LogP contribution is 2.49. The van der Waals surface area contributed by atoms with Gasteiger partial charge >= 0.3 is 0 Å². The van der Waals surface area contributed by atoms with Crippen LogP contribution in [0.25, 0.3) is 0 Å². The predicted octanol–water partition coefficient (Wildman–Crippen LogP) is 1.17. The van der Waals surface area contributed by atoms with Crippen LogP contribution in [0.5, 0.6) is 0 Å². The summed E-state index contributed by atoms with van der Waals surface area (Å²) in [6.07, 6.45) is -2.61. The van der Waals surface area contributed by atoms with E-state index in [1.165, 1.54) is 0 Å². The standard InChI is InChI=1S/C16H20O6/c1-15(2)21-12-14(22-15)20-11-13(17)18-9-16(11,12)19-8-10-6-4-3-5-7-10/h3-7,11-14,17H,8-9H2,1-2H3/t11-,12+,13?,14-,16-/m1/s1. The van der Waals surface area contributed by atoms with Crippen LogP contribution in [-0.4, -0.2) is 47.9 Å². The highest BCUT2D eigenvalue weighted by molar-refractivity contribution is 5.15. The molecule has 3 heterocycles.